The molecule has 4 aromatic carbocycles. The van der Waals surface area contributed by atoms with Gasteiger partial charge in [-0.2, -0.15) is 0 Å². The minimum Gasteiger partial charge on any atom is -0.493 e. The van der Waals surface area contributed by atoms with E-state index in [1.54, 1.807) is 27.4 Å². The molecule has 0 fully saturated rings. The van der Waals surface area contributed by atoms with Gasteiger partial charge >= 0.3 is 0 Å². The van der Waals surface area contributed by atoms with Crippen molar-refractivity contribution >= 4 is 10.0 Å². The highest BCUT2D eigenvalue weighted by atomic mass is 32.2. The third-order valence-corrected chi connectivity index (χ3v) is 14.4. The molecule has 14 heteroatoms. The Labute approximate surface area is 365 Å². The van der Waals surface area contributed by atoms with Crippen LogP contribution in [0.25, 0.3) is 0 Å². The van der Waals surface area contributed by atoms with Gasteiger partial charge in [0.2, 0.25) is 15.8 Å². The van der Waals surface area contributed by atoms with E-state index in [1.807, 2.05) is 18.2 Å². The number of rotatable bonds is 10. The van der Waals surface area contributed by atoms with E-state index in [4.69, 9.17) is 28.4 Å². The van der Waals surface area contributed by atoms with E-state index in [0.29, 0.717) is 82.4 Å². The summed E-state index contributed by atoms with van der Waals surface area (Å²) in [5.74, 6) is 4.92. The molecule has 0 saturated carbocycles. The molecule has 6 bridgehead atoms. The van der Waals surface area contributed by atoms with E-state index < -0.39 is 10.0 Å². The molecule has 10 rings (SSSR count). The summed E-state index contributed by atoms with van der Waals surface area (Å²) >= 11 is 0. The Morgan fingerprint density at radius 1 is 0.758 bits per heavy atom. The van der Waals surface area contributed by atoms with Gasteiger partial charge in [-0.15, -0.1) is 0 Å². The van der Waals surface area contributed by atoms with E-state index >= 15 is 0 Å². The molecule has 6 aliphatic rings. The highest BCUT2D eigenvalue weighted by Crippen LogP contribution is 2.52. The zero-order chi connectivity index (χ0) is 43.0. The number of nitrogens with one attached hydrogen (secondary N) is 3. The van der Waals surface area contributed by atoms with Gasteiger partial charge in [-0.1, -0.05) is 24.3 Å². The van der Waals surface area contributed by atoms with Gasteiger partial charge in [0.15, 0.2) is 34.5 Å². The molecule has 4 aromatic rings. The molecule has 0 radical (unpaired) electrons. The first-order valence-electron chi connectivity index (χ1n) is 21.6. The van der Waals surface area contributed by atoms with E-state index in [2.05, 4.69) is 81.7 Å². The van der Waals surface area contributed by atoms with Gasteiger partial charge in [-0.05, 0) is 129 Å². The van der Waals surface area contributed by atoms with Crippen LogP contribution in [0.2, 0.25) is 0 Å². The summed E-state index contributed by atoms with van der Waals surface area (Å²) in [6, 6.07) is 20.8. The maximum atomic E-state index is 13.4. The maximum absolute atomic E-state index is 13.4. The first kappa shape index (κ1) is 41.9. The molecule has 13 nitrogen and oxygen atoms in total. The monoisotopic (exact) mass is 863 g/mol. The number of hydrogen-bond donors (Lipinski definition) is 3. The molecule has 62 heavy (non-hydrogen) atoms. The van der Waals surface area contributed by atoms with Gasteiger partial charge in [0.1, 0.15) is 10.7 Å². The van der Waals surface area contributed by atoms with Crippen molar-refractivity contribution in [1.82, 2.24) is 25.2 Å². The summed E-state index contributed by atoms with van der Waals surface area (Å²) in [7, 11) is 5.63. The molecule has 0 spiro atoms. The zero-order valence-corrected chi connectivity index (χ0v) is 37.1. The number of sulfonamides is 1. The molecule has 0 saturated heterocycles. The van der Waals surface area contributed by atoms with Crippen molar-refractivity contribution in [2.75, 3.05) is 74.8 Å². The van der Waals surface area contributed by atoms with Gasteiger partial charge in [0.25, 0.3) is 0 Å². The molecule has 5 aliphatic heterocycles. The van der Waals surface area contributed by atoms with Crippen molar-refractivity contribution in [2.24, 2.45) is 0 Å². The van der Waals surface area contributed by atoms with Crippen LogP contribution in [0.1, 0.15) is 64.7 Å². The Bertz CT molecular complexity index is 2510. The number of methoxy groups -OCH3 is 3. The smallest absolute Gasteiger partial charge is 0.242 e. The minimum atomic E-state index is -3.70. The first-order chi connectivity index (χ1) is 30.1. The summed E-state index contributed by atoms with van der Waals surface area (Å²) in [4.78, 5) is 5.08. The van der Waals surface area contributed by atoms with Crippen LogP contribution in [0.3, 0.4) is 0 Å². The van der Waals surface area contributed by atoms with Gasteiger partial charge < -0.3 is 39.1 Å². The molecule has 0 aromatic heterocycles. The number of nitrogens with zero attached hydrogens (tertiary/aromatic N) is 2. The average Bonchev–Trinajstić information content (AvgIpc) is 3.28. The first-order valence-corrected chi connectivity index (χ1v) is 23.1. The van der Waals surface area contributed by atoms with Crippen LogP contribution in [-0.2, 0) is 35.7 Å². The SMILES string of the molecule is COc1cc2c3cc1Oc1c(OC)c(OC)cc4c1[C@@H](Cc1ccc(OCCCNS(=O)(=O)C5=CCCC6=C5NCCN6)c(c1)Oc1ccc(cc1)C[C@@H]3N(C)CC2)N(C)CC4. The lowest BCUT2D eigenvalue weighted by molar-refractivity contribution is 0.220. The zero-order valence-electron chi connectivity index (χ0n) is 36.3. The van der Waals surface area contributed by atoms with E-state index in [-0.39, 0.29) is 25.2 Å². The number of ether oxygens (including phenoxy) is 6. The van der Waals surface area contributed by atoms with Gasteiger partial charge in [-0.25, -0.2) is 13.1 Å². The molecule has 0 unspecified atom stereocenters. The van der Waals surface area contributed by atoms with Crippen molar-refractivity contribution in [3.8, 4) is 46.0 Å². The Kier molecular flexibility index (Phi) is 12.0. The molecule has 328 valence electrons. The lowest BCUT2D eigenvalue weighted by atomic mass is 9.87. The van der Waals surface area contributed by atoms with Crippen molar-refractivity contribution < 1.29 is 36.8 Å². The second kappa shape index (κ2) is 17.8. The molecule has 1 aliphatic carbocycles. The van der Waals surface area contributed by atoms with Crippen LogP contribution in [0.4, 0.5) is 0 Å². The van der Waals surface area contributed by atoms with E-state index in [1.165, 1.54) is 16.7 Å². The van der Waals surface area contributed by atoms with Crippen molar-refractivity contribution in [1.29, 1.82) is 0 Å². The van der Waals surface area contributed by atoms with E-state index in [0.717, 1.165) is 67.7 Å². The molecular formula is C48H57N5O8S. The fourth-order valence-electron chi connectivity index (χ4n) is 9.50. The second-order valence-corrected chi connectivity index (χ2v) is 18.4. The summed E-state index contributed by atoms with van der Waals surface area (Å²) in [6.07, 6.45) is 6.88. The summed E-state index contributed by atoms with van der Waals surface area (Å²) in [6.45, 7) is 3.74. The quantitative estimate of drug-likeness (QED) is 0.143. The molecule has 3 N–H and O–H groups in total. The highest BCUT2D eigenvalue weighted by Gasteiger charge is 2.35. The van der Waals surface area contributed by atoms with Crippen molar-refractivity contribution in [3.63, 3.8) is 0 Å². The Hall–Kier alpha value is -5.41. The second-order valence-electron chi connectivity index (χ2n) is 16.7. The van der Waals surface area contributed by atoms with Crippen molar-refractivity contribution in [2.45, 2.75) is 57.0 Å². The lowest BCUT2D eigenvalue weighted by Gasteiger charge is -2.37. The van der Waals surface area contributed by atoms with Crippen LogP contribution in [0.5, 0.6) is 46.0 Å². The topological polar surface area (TPSA) is 132 Å². The minimum absolute atomic E-state index is 0.0902. The van der Waals surface area contributed by atoms with E-state index in [9.17, 15) is 8.42 Å². The van der Waals surface area contributed by atoms with Crippen LogP contribution in [0, 0.1) is 0 Å². The summed E-state index contributed by atoms with van der Waals surface area (Å²) in [5.41, 5.74) is 8.50. The van der Waals surface area contributed by atoms with Crippen LogP contribution in [-0.4, -0.2) is 93.0 Å². The predicted octanol–water partition coefficient (Wildman–Crippen LogP) is 6.92. The molecule has 0 amide bonds. The maximum Gasteiger partial charge on any atom is 0.242 e. The highest BCUT2D eigenvalue weighted by molar-refractivity contribution is 7.93. The Morgan fingerprint density at radius 2 is 1.47 bits per heavy atom. The largest absolute Gasteiger partial charge is 0.493 e. The fourth-order valence-corrected chi connectivity index (χ4v) is 10.9. The Morgan fingerprint density at radius 3 is 2.26 bits per heavy atom. The number of fused-ring (bicyclic) bond motifs is 2. The number of benzene rings is 4. The standard InChI is InChI=1S/C48H57N5O8S/c1-52-21-16-32-27-40(56-3)42-29-35(32)37(52)24-30-10-13-34(14-11-30)60-41-26-31(25-38-45-33(17-22-53(38)2)28-43(57-4)47(58-5)48(45)61-42)12-15-39(41)59-23-7-18-51-62(54,55)44-9-6-8-36-46(44)50-20-19-49-36/h9-15,26-29,37-38,49-51H,6-8,16-25H2,1-5H3/t37-,38+/m0/s1. The normalized spacial score (nSPS) is 19.9. The lowest BCUT2D eigenvalue weighted by Crippen LogP contribution is -2.40. The molecule has 2 atom stereocenters. The van der Waals surface area contributed by atoms with Gasteiger partial charge in [0, 0.05) is 56.1 Å². The molecule has 5 heterocycles. The summed E-state index contributed by atoms with van der Waals surface area (Å²) in [5, 5.41) is 6.62. The van der Waals surface area contributed by atoms with Gasteiger partial charge in [-0.3, -0.25) is 9.80 Å². The Balaban J connectivity index is 1.05. The third-order valence-electron chi connectivity index (χ3n) is 12.8. The van der Waals surface area contributed by atoms with Crippen LogP contribution >= 0.6 is 0 Å². The average molecular weight is 864 g/mol. The number of allylic oxidation sites excluding steroid dienone is 2. The van der Waals surface area contributed by atoms with Crippen molar-refractivity contribution in [3.05, 3.63) is 116 Å². The van der Waals surface area contributed by atoms with Gasteiger partial charge in [0.05, 0.1) is 33.6 Å². The van der Waals surface area contributed by atoms with Crippen LogP contribution < -0.4 is 43.8 Å². The molecular weight excluding hydrogens is 807 g/mol. The number of likely N-dealkylation sites (N-methyl/N-ethyl adjacent to an activating group) is 2. The predicted molar refractivity (Wildman–Crippen MR) is 239 cm³/mol. The number of hydrogen-bond acceptors (Lipinski definition) is 12. The third kappa shape index (κ3) is 8.28. The summed E-state index contributed by atoms with van der Waals surface area (Å²) < 4.78 is 67.8. The van der Waals surface area contributed by atoms with Crippen LogP contribution in [0.15, 0.2) is 83.0 Å². The fraction of sp³-hybridized carbons (Fsp3) is 0.417.